The van der Waals surface area contributed by atoms with Crippen LogP contribution in [0.5, 0.6) is 5.75 Å². The Bertz CT molecular complexity index is 2900. The number of aromatic hydroxyl groups is 1. The molecule has 12 nitrogen and oxygen atoms in total. The van der Waals surface area contributed by atoms with Crippen LogP contribution < -0.4 is 9.80 Å². The zero-order valence-corrected chi connectivity index (χ0v) is 38.8. The maximum absolute atomic E-state index is 15.2. The standard InChI is InChI=1S/C54H58N8O4/c1-35-25-39-12-7-8-13-41(39)34-61(35)53(65)49-29-42-33-60(52(64)27-38-11-9-14-44(26-38)59-21-10-20-56(4)23-24-59)22-19-40(42)28-48(49)51-31-47(36(2)58(51)6)54(66)62(43-15-17-46(63)18-16-43)50-30-45(32-55)57(5)37(50)3/h7-9,11-18,26,28-31,35,63H,10,19-25,27,33-34H2,1-6H3/t35-/m1/s1. The van der Waals surface area contributed by atoms with Crippen molar-refractivity contribution in [3.63, 3.8) is 0 Å². The van der Waals surface area contributed by atoms with E-state index in [1.807, 2.05) is 65.6 Å². The second kappa shape index (κ2) is 18.1. The van der Waals surface area contributed by atoms with Gasteiger partial charge in [-0.2, -0.15) is 5.26 Å². The Kier molecular flexibility index (Phi) is 12.1. The number of phenols is 1. The van der Waals surface area contributed by atoms with Crippen LogP contribution in [-0.4, -0.2) is 92.5 Å². The molecule has 6 aromatic rings. The number of amides is 3. The van der Waals surface area contributed by atoms with Gasteiger partial charge in [-0.05, 0) is 142 Å². The minimum absolute atomic E-state index is 0.0566. The summed E-state index contributed by atoms with van der Waals surface area (Å²) < 4.78 is 3.73. The number of benzene rings is 4. The van der Waals surface area contributed by atoms with Crippen molar-refractivity contribution >= 4 is 34.8 Å². The van der Waals surface area contributed by atoms with Crippen molar-refractivity contribution in [3.05, 3.63) is 153 Å². The van der Waals surface area contributed by atoms with Crippen molar-refractivity contribution in [1.82, 2.24) is 23.8 Å². The summed E-state index contributed by atoms with van der Waals surface area (Å²) in [5.74, 6) is -0.293. The van der Waals surface area contributed by atoms with Crippen LogP contribution in [0.1, 0.15) is 79.0 Å². The van der Waals surface area contributed by atoms with E-state index in [9.17, 15) is 15.2 Å². The Morgan fingerprint density at radius 2 is 1.53 bits per heavy atom. The number of nitrogens with zero attached hydrogens (tertiary/aromatic N) is 8. The van der Waals surface area contributed by atoms with E-state index in [1.165, 1.54) is 17.7 Å². The van der Waals surface area contributed by atoms with Gasteiger partial charge in [0.25, 0.3) is 11.8 Å². The maximum atomic E-state index is 15.2. The third-order valence-corrected chi connectivity index (χ3v) is 14.3. The third kappa shape index (κ3) is 8.35. The molecule has 0 saturated carbocycles. The Labute approximate surface area is 387 Å². The number of carbonyl (C=O) groups is 3. The first kappa shape index (κ1) is 44.1. The average Bonchev–Trinajstić information content (AvgIpc) is 3.66. The monoisotopic (exact) mass is 882 g/mol. The fourth-order valence-corrected chi connectivity index (χ4v) is 10.0. The molecule has 1 saturated heterocycles. The normalized spacial score (nSPS) is 16.3. The first-order chi connectivity index (χ1) is 31.8. The Balaban J connectivity index is 1.08. The summed E-state index contributed by atoms with van der Waals surface area (Å²) in [7, 11) is 5.88. The first-order valence-corrected chi connectivity index (χ1v) is 23.0. The summed E-state index contributed by atoms with van der Waals surface area (Å²) in [6, 6.07) is 33.0. The molecule has 338 valence electrons. The van der Waals surface area contributed by atoms with E-state index in [0.717, 1.165) is 83.9 Å². The van der Waals surface area contributed by atoms with Gasteiger partial charge in [0.15, 0.2) is 0 Å². The lowest BCUT2D eigenvalue weighted by molar-refractivity contribution is -0.131. The summed E-state index contributed by atoms with van der Waals surface area (Å²) in [6.45, 7) is 11.3. The van der Waals surface area contributed by atoms with Crippen molar-refractivity contribution < 1.29 is 19.5 Å². The molecule has 0 aliphatic carbocycles. The summed E-state index contributed by atoms with van der Waals surface area (Å²) in [6.07, 6.45) is 2.76. The molecule has 9 rings (SSSR count). The molecular weight excluding hydrogens is 825 g/mol. The van der Waals surface area contributed by atoms with Gasteiger partial charge >= 0.3 is 0 Å². The first-order valence-electron chi connectivity index (χ1n) is 23.0. The highest BCUT2D eigenvalue weighted by atomic mass is 16.3. The molecule has 3 aliphatic heterocycles. The molecule has 1 N–H and O–H groups in total. The van der Waals surface area contributed by atoms with Gasteiger partial charge in [0.2, 0.25) is 5.91 Å². The lowest BCUT2D eigenvalue weighted by atomic mass is 9.89. The molecule has 12 heteroatoms. The quantitative estimate of drug-likeness (QED) is 0.164. The molecule has 4 aromatic carbocycles. The van der Waals surface area contributed by atoms with Gasteiger partial charge in [-0.1, -0.05) is 36.4 Å². The largest absolute Gasteiger partial charge is 0.508 e. The molecule has 5 heterocycles. The van der Waals surface area contributed by atoms with Crippen LogP contribution in [0.2, 0.25) is 0 Å². The topological polar surface area (TPSA) is 121 Å². The van der Waals surface area contributed by atoms with E-state index < -0.39 is 0 Å². The van der Waals surface area contributed by atoms with E-state index in [0.29, 0.717) is 66.4 Å². The number of hydrogen-bond donors (Lipinski definition) is 1. The van der Waals surface area contributed by atoms with E-state index >= 15 is 9.59 Å². The Morgan fingerprint density at radius 1 is 0.758 bits per heavy atom. The van der Waals surface area contributed by atoms with Crippen molar-refractivity contribution in [2.75, 3.05) is 49.6 Å². The summed E-state index contributed by atoms with van der Waals surface area (Å²) in [4.78, 5) is 54.6. The van der Waals surface area contributed by atoms with Gasteiger partial charge in [-0.15, -0.1) is 0 Å². The molecular formula is C54H58N8O4. The van der Waals surface area contributed by atoms with Crippen LogP contribution in [0, 0.1) is 25.2 Å². The fraction of sp³-hybridized carbons (Fsp3) is 0.333. The molecule has 0 unspecified atom stereocenters. The number of hydrogen-bond acceptors (Lipinski definition) is 7. The zero-order chi connectivity index (χ0) is 46.4. The SMILES string of the molecule is Cc1c(N(C(=O)c2cc(-c3cc4c(cc3C(=O)N3Cc5ccccc5C[C@H]3C)CN(C(=O)Cc3cccc(N5CCCN(C)CC5)c3)CC4)n(C)c2C)c2ccc(O)cc2)cc(C#N)n1C. The summed E-state index contributed by atoms with van der Waals surface area (Å²) in [5, 5.41) is 20.1. The predicted octanol–water partition coefficient (Wildman–Crippen LogP) is 8.06. The molecule has 3 amide bonds. The highest BCUT2D eigenvalue weighted by Gasteiger charge is 2.34. The van der Waals surface area contributed by atoms with Crippen LogP contribution in [-0.2, 0) is 51.2 Å². The second-order valence-electron chi connectivity index (χ2n) is 18.4. The van der Waals surface area contributed by atoms with Crippen LogP contribution in [0.25, 0.3) is 11.3 Å². The van der Waals surface area contributed by atoms with Crippen molar-refractivity contribution in [2.24, 2.45) is 14.1 Å². The smallest absolute Gasteiger partial charge is 0.264 e. The number of fused-ring (bicyclic) bond motifs is 2. The van der Waals surface area contributed by atoms with E-state index in [-0.39, 0.29) is 29.5 Å². The van der Waals surface area contributed by atoms with Gasteiger partial charge in [-0.3, -0.25) is 19.3 Å². The molecule has 2 aromatic heterocycles. The third-order valence-electron chi connectivity index (χ3n) is 14.3. The summed E-state index contributed by atoms with van der Waals surface area (Å²) >= 11 is 0. The molecule has 1 atom stereocenters. The Hall–Kier alpha value is -7.10. The number of phenolic OH excluding ortho intramolecular Hbond substituents is 1. The highest BCUT2D eigenvalue weighted by molar-refractivity contribution is 6.13. The van der Waals surface area contributed by atoms with E-state index in [2.05, 4.69) is 66.2 Å². The number of nitriles is 1. The van der Waals surface area contributed by atoms with Gasteiger partial charge < -0.3 is 33.8 Å². The molecule has 0 radical (unpaired) electrons. The minimum Gasteiger partial charge on any atom is -0.508 e. The van der Waals surface area contributed by atoms with Crippen LogP contribution in [0.4, 0.5) is 17.1 Å². The van der Waals surface area contributed by atoms with Gasteiger partial charge in [0.05, 0.1) is 17.7 Å². The lowest BCUT2D eigenvalue weighted by Gasteiger charge is -2.36. The predicted molar refractivity (Wildman–Crippen MR) is 258 cm³/mol. The van der Waals surface area contributed by atoms with Gasteiger partial charge in [0, 0.05) is 99.0 Å². The van der Waals surface area contributed by atoms with E-state index in [1.54, 1.807) is 34.7 Å². The van der Waals surface area contributed by atoms with Crippen LogP contribution in [0.15, 0.2) is 97.1 Å². The lowest BCUT2D eigenvalue weighted by Crippen LogP contribution is -2.43. The average molecular weight is 883 g/mol. The molecule has 0 bridgehead atoms. The van der Waals surface area contributed by atoms with Gasteiger partial charge in [-0.25, -0.2) is 0 Å². The number of aromatic nitrogens is 2. The molecule has 0 spiro atoms. The van der Waals surface area contributed by atoms with Crippen molar-refractivity contribution in [2.45, 2.75) is 65.6 Å². The van der Waals surface area contributed by atoms with Crippen LogP contribution >= 0.6 is 0 Å². The van der Waals surface area contributed by atoms with Crippen LogP contribution in [0.3, 0.4) is 0 Å². The van der Waals surface area contributed by atoms with E-state index in [4.69, 9.17) is 0 Å². The highest BCUT2D eigenvalue weighted by Crippen LogP contribution is 2.38. The zero-order valence-electron chi connectivity index (χ0n) is 38.8. The maximum Gasteiger partial charge on any atom is 0.264 e. The summed E-state index contributed by atoms with van der Waals surface area (Å²) in [5.41, 5.74) is 11.8. The Morgan fingerprint density at radius 3 is 2.29 bits per heavy atom. The van der Waals surface area contributed by atoms with Crippen molar-refractivity contribution in [1.29, 1.82) is 5.26 Å². The number of rotatable bonds is 8. The number of carbonyl (C=O) groups excluding carboxylic acids is 3. The van der Waals surface area contributed by atoms with Gasteiger partial charge in [0.1, 0.15) is 17.5 Å². The van der Waals surface area contributed by atoms with Crippen molar-refractivity contribution in [3.8, 4) is 23.1 Å². The number of anilines is 3. The minimum atomic E-state index is -0.316. The fourth-order valence-electron chi connectivity index (χ4n) is 10.0. The number of likely N-dealkylation sites (N-methyl/N-ethyl adjacent to an activating group) is 1. The molecule has 3 aliphatic rings. The second-order valence-corrected chi connectivity index (χ2v) is 18.4. The molecule has 1 fully saturated rings. The molecule has 66 heavy (non-hydrogen) atoms.